The Bertz CT molecular complexity index is 343. The Morgan fingerprint density at radius 2 is 2.13 bits per heavy atom. The highest BCUT2D eigenvalue weighted by Crippen LogP contribution is 2.24. The molecule has 0 atom stereocenters. The van der Waals surface area contributed by atoms with E-state index >= 15 is 0 Å². The van der Waals surface area contributed by atoms with Crippen LogP contribution in [0.4, 0.5) is 0 Å². The maximum atomic E-state index is 5.44. The molecule has 80 valence electrons. The monoisotopic (exact) mass is 268 g/mol. The van der Waals surface area contributed by atoms with Crippen molar-refractivity contribution in [3.05, 3.63) is 41.5 Å². The Morgan fingerprint density at radius 3 is 2.87 bits per heavy atom. The summed E-state index contributed by atoms with van der Waals surface area (Å²) < 4.78 is 10.9. The van der Waals surface area contributed by atoms with Crippen molar-refractivity contribution < 1.29 is 9.47 Å². The van der Waals surface area contributed by atoms with Gasteiger partial charge in [0.1, 0.15) is 0 Å². The molecule has 1 heterocycles. The van der Waals surface area contributed by atoms with Crippen LogP contribution in [0.3, 0.4) is 0 Å². The van der Waals surface area contributed by atoms with Crippen LogP contribution in [0.2, 0.25) is 0 Å². The van der Waals surface area contributed by atoms with Gasteiger partial charge in [-0.2, -0.15) is 0 Å². The Labute approximate surface area is 98.0 Å². The Hall–Kier alpha value is -0.640. The summed E-state index contributed by atoms with van der Waals surface area (Å²) in [6, 6.07) is 8.21. The van der Waals surface area contributed by atoms with Crippen molar-refractivity contribution in [1.82, 2.24) is 0 Å². The molecule has 0 aliphatic carbocycles. The quantitative estimate of drug-likeness (QED) is 0.785. The average Bonchev–Trinajstić information content (AvgIpc) is 2.80. The van der Waals surface area contributed by atoms with Gasteiger partial charge in [0.2, 0.25) is 0 Å². The van der Waals surface area contributed by atoms with Gasteiger partial charge in [0, 0.05) is 10.9 Å². The summed E-state index contributed by atoms with van der Waals surface area (Å²) in [4.78, 5) is 0. The molecule has 0 N–H and O–H groups in total. The highest BCUT2D eigenvalue weighted by atomic mass is 79.9. The fraction of sp³-hybridized carbons (Fsp3) is 0.333. The fourth-order valence-electron chi connectivity index (χ4n) is 1.54. The predicted molar refractivity (Wildman–Crippen MR) is 63.9 cm³/mol. The molecular formula is C12H13BrO2. The molecule has 1 aliphatic rings. The number of halogens is 1. The van der Waals surface area contributed by atoms with E-state index in [-0.39, 0.29) is 6.29 Å². The standard InChI is InChI=1S/C12H13BrO2/c13-6-2-4-10-3-1-5-11(9-10)12-14-7-8-15-12/h1-5,9,12H,6-8H2. The summed E-state index contributed by atoms with van der Waals surface area (Å²) in [7, 11) is 0. The lowest BCUT2D eigenvalue weighted by Crippen LogP contribution is -1.97. The van der Waals surface area contributed by atoms with E-state index in [1.54, 1.807) is 0 Å². The molecule has 1 saturated heterocycles. The summed E-state index contributed by atoms with van der Waals surface area (Å²) in [5.41, 5.74) is 2.26. The second-order valence-electron chi connectivity index (χ2n) is 3.30. The van der Waals surface area contributed by atoms with Crippen LogP contribution in [0.25, 0.3) is 6.08 Å². The lowest BCUT2D eigenvalue weighted by molar-refractivity contribution is -0.0441. The van der Waals surface area contributed by atoms with E-state index < -0.39 is 0 Å². The predicted octanol–water partition coefficient (Wildman–Crippen LogP) is 3.14. The number of allylic oxidation sites excluding steroid dienone is 1. The Kier molecular flexibility index (Phi) is 3.94. The molecule has 0 saturated carbocycles. The molecule has 1 aromatic rings. The van der Waals surface area contributed by atoms with Gasteiger partial charge in [0.05, 0.1) is 13.2 Å². The van der Waals surface area contributed by atoms with Gasteiger partial charge < -0.3 is 9.47 Å². The second-order valence-corrected chi connectivity index (χ2v) is 3.95. The SMILES string of the molecule is BrCC=Cc1cccc(C2OCCO2)c1. The minimum Gasteiger partial charge on any atom is -0.346 e. The molecule has 0 aromatic heterocycles. The molecule has 0 bridgehead atoms. The van der Waals surface area contributed by atoms with Gasteiger partial charge in [-0.05, 0) is 11.6 Å². The molecule has 15 heavy (non-hydrogen) atoms. The highest BCUT2D eigenvalue weighted by molar-refractivity contribution is 9.09. The lowest BCUT2D eigenvalue weighted by atomic mass is 10.1. The molecule has 3 heteroatoms. The minimum absolute atomic E-state index is 0.178. The number of hydrogen-bond donors (Lipinski definition) is 0. The van der Waals surface area contributed by atoms with Gasteiger partial charge in [0.15, 0.2) is 6.29 Å². The molecule has 2 nitrogen and oxygen atoms in total. The van der Waals surface area contributed by atoms with Crippen molar-refractivity contribution in [2.45, 2.75) is 6.29 Å². The number of alkyl halides is 1. The Morgan fingerprint density at radius 1 is 1.33 bits per heavy atom. The average molecular weight is 269 g/mol. The third-order valence-electron chi connectivity index (χ3n) is 2.20. The summed E-state index contributed by atoms with van der Waals surface area (Å²) in [6.07, 6.45) is 3.96. The van der Waals surface area contributed by atoms with Gasteiger partial charge in [-0.25, -0.2) is 0 Å². The van der Waals surface area contributed by atoms with Gasteiger partial charge >= 0.3 is 0 Å². The number of hydrogen-bond acceptors (Lipinski definition) is 2. The first kappa shape index (κ1) is 10.9. The van der Waals surface area contributed by atoms with Crippen LogP contribution < -0.4 is 0 Å². The van der Waals surface area contributed by atoms with Gasteiger partial charge in [-0.1, -0.05) is 46.3 Å². The number of benzene rings is 1. The van der Waals surface area contributed by atoms with Gasteiger partial charge in [-0.3, -0.25) is 0 Å². The van der Waals surface area contributed by atoms with Crippen molar-refractivity contribution in [1.29, 1.82) is 0 Å². The molecule has 1 aliphatic heterocycles. The van der Waals surface area contributed by atoms with Crippen molar-refractivity contribution >= 4 is 22.0 Å². The molecule has 1 aromatic carbocycles. The first-order valence-corrected chi connectivity index (χ1v) is 6.08. The smallest absolute Gasteiger partial charge is 0.184 e. The summed E-state index contributed by atoms with van der Waals surface area (Å²) in [5, 5.41) is 0.869. The first-order valence-electron chi connectivity index (χ1n) is 4.96. The van der Waals surface area contributed by atoms with Crippen LogP contribution in [-0.2, 0) is 9.47 Å². The van der Waals surface area contributed by atoms with E-state index in [4.69, 9.17) is 9.47 Å². The number of ether oxygens (including phenoxy) is 2. The van der Waals surface area contributed by atoms with Crippen molar-refractivity contribution in [3.63, 3.8) is 0 Å². The van der Waals surface area contributed by atoms with E-state index in [0.717, 1.165) is 10.9 Å². The third kappa shape index (κ3) is 2.91. The highest BCUT2D eigenvalue weighted by Gasteiger charge is 2.17. The van der Waals surface area contributed by atoms with Crippen LogP contribution in [0.15, 0.2) is 30.3 Å². The van der Waals surface area contributed by atoms with Crippen LogP contribution >= 0.6 is 15.9 Å². The second kappa shape index (κ2) is 5.45. The molecule has 1 fully saturated rings. The summed E-state index contributed by atoms with van der Waals surface area (Å²) in [5.74, 6) is 0. The summed E-state index contributed by atoms with van der Waals surface area (Å²) in [6.45, 7) is 1.37. The minimum atomic E-state index is -0.178. The van der Waals surface area contributed by atoms with Crippen LogP contribution in [0.5, 0.6) is 0 Å². The maximum absolute atomic E-state index is 5.44. The van der Waals surface area contributed by atoms with E-state index in [0.29, 0.717) is 13.2 Å². The number of rotatable bonds is 3. The summed E-state index contributed by atoms with van der Waals surface area (Å²) >= 11 is 3.36. The molecule has 0 spiro atoms. The van der Waals surface area contributed by atoms with Crippen LogP contribution in [-0.4, -0.2) is 18.5 Å². The molecule has 0 unspecified atom stereocenters. The van der Waals surface area contributed by atoms with Gasteiger partial charge in [-0.15, -0.1) is 0 Å². The maximum Gasteiger partial charge on any atom is 0.184 e. The van der Waals surface area contributed by atoms with Crippen molar-refractivity contribution in [2.75, 3.05) is 18.5 Å². The largest absolute Gasteiger partial charge is 0.346 e. The van der Waals surface area contributed by atoms with E-state index in [1.165, 1.54) is 5.56 Å². The zero-order valence-electron chi connectivity index (χ0n) is 8.36. The van der Waals surface area contributed by atoms with Crippen molar-refractivity contribution in [3.8, 4) is 0 Å². The van der Waals surface area contributed by atoms with Crippen molar-refractivity contribution in [2.24, 2.45) is 0 Å². The fourth-order valence-corrected chi connectivity index (χ4v) is 1.73. The topological polar surface area (TPSA) is 18.5 Å². The molecule has 0 amide bonds. The first-order chi connectivity index (χ1) is 7.40. The molecule has 2 rings (SSSR count). The van der Waals surface area contributed by atoms with E-state index in [9.17, 15) is 0 Å². The van der Waals surface area contributed by atoms with Crippen LogP contribution in [0, 0.1) is 0 Å². The van der Waals surface area contributed by atoms with Crippen LogP contribution in [0.1, 0.15) is 17.4 Å². The third-order valence-corrected chi connectivity index (χ3v) is 2.58. The Balaban J connectivity index is 2.14. The molecule has 0 radical (unpaired) electrons. The lowest BCUT2D eigenvalue weighted by Gasteiger charge is -2.09. The molecular weight excluding hydrogens is 256 g/mol. The zero-order valence-corrected chi connectivity index (χ0v) is 9.94. The normalized spacial score (nSPS) is 17.7. The van der Waals surface area contributed by atoms with E-state index in [1.807, 2.05) is 12.1 Å². The van der Waals surface area contributed by atoms with Gasteiger partial charge in [0.25, 0.3) is 0 Å². The zero-order chi connectivity index (χ0) is 10.5. The van der Waals surface area contributed by atoms with E-state index in [2.05, 4.69) is 40.2 Å².